The first-order chi connectivity index (χ1) is 12.5. The topological polar surface area (TPSA) is 64.7 Å². The van der Waals surface area contributed by atoms with Gasteiger partial charge in [0.15, 0.2) is 5.82 Å². The summed E-state index contributed by atoms with van der Waals surface area (Å²) in [7, 11) is 0. The molecule has 0 amide bonds. The van der Waals surface area contributed by atoms with Gasteiger partial charge in [-0.2, -0.15) is 15.2 Å². The van der Waals surface area contributed by atoms with Crippen molar-refractivity contribution in [2.75, 3.05) is 0 Å². The molecule has 0 aliphatic heterocycles. The van der Waals surface area contributed by atoms with Crippen molar-refractivity contribution in [1.82, 2.24) is 20.3 Å². The Balaban J connectivity index is 1.80. The Morgan fingerprint density at radius 3 is 2.69 bits per heavy atom. The van der Waals surface area contributed by atoms with Crippen LogP contribution in [0.5, 0.6) is 0 Å². The van der Waals surface area contributed by atoms with Crippen LogP contribution in [-0.2, 0) is 11.8 Å². The summed E-state index contributed by atoms with van der Waals surface area (Å²) >= 11 is 0. The number of aromatic nitrogens is 4. The van der Waals surface area contributed by atoms with Gasteiger partial charge in [0.2, 0.25) is 6.39 Å². The monoisotopic (exact) mass is 356 g/mol. The molecule has 1 aliphatic rings. The van der Waals surface area contributed by atoms with Crippen molar-refractivity contribution in [3.8, 4) is 11.3 Å². The van der Waals surface area contributed by atoms with Crippen molar-refractivity contribution in [2.24, 2.45) is 0 Å². The van der Waals surface area contributed by atoms with Crippen molar-refractivity contribution < 1.29 is 13.3 Å². The Morgan fingerprint density at radius 2 is 2.00 bits per heavy atom. The minimum atomic E-state index is -0.641. The van der Waals surface area contributed by atoms with Gasteiger partial charge in [0.05, 0.1) is 17.0 Å². The molecule has 0 N–H and O–H groups in total. The molecule has 1 aromatic carbocycles. The summed E-state index contributed by atoms with van der Waals surface area (Å²) in [5, 5.41) is 12.4. The Hall–Kier alpha value is -2.70. The van der Waals surface area contributed by atoms with Gasteiger partial charge in [-0.25, -0.2) is 8.78 Å². The lowest BCUT2D eigenvalue weighted by Crippen LogP contribution is -2.33. The van der Waals surface area contributed by atoms with Gasteiger partial charge in [-0.1, -0.05) is 25.1 Å². The first kappa shape index (κ1) is 16.8. The molecule has 1 aliphatic carbocycles. The largest absolute Gasteiger partial charge is 0.343 e. The Bertz CT molecular complexity index is 924. The van der Waals surface area contributed by atoms with Crippen molar-refractivity contribution in [2.45, 2.75) is 44.4 Å². The van der Waals surface area contributed by atoms with Gasteiger partial charge in [-0.3, -0.25) is 0 Å². The van der Waals surface area contributed by atoms with E-state index < -0.39 is 11.6 Å². The summed E-state index contributed by atoms with van der Waals surface area (Å²) in [6.45, 7) is 4.18. The number of rotatable bonds is 3. The lowest BCUT2D eigenvalue weighted by molar-refractivity contribution is 0.337. The van der Waals surface area contributed by atoms with E-state index in [4.69, 9.17) is 4.52 Å². The van der Waals surface area contributed by atoms with Gasteiger partial charge < -0.3 is 4.52 Å². The van der Waals surface area contributed by atoms with Crippen LogP contribution in [0.1, 0.15) is 49.7 Å². The molecule has 0 unspecified atom stereocenters. The van der Waals surface area contributed by atoms with Crippen LogP contribution in [0.2, 0.25) is 0 Å². The minimum absolute atomic E-state index is 0.138. The minimum Gasteiger partial charge on any atom is -0.343 e. The van der Waals surface area contributed by atoms with E-state index in [0.29, 0.717) is 12.2 Å². The highest BCUT2D eigenvalue weighted by molar-refractivity contribution is 5.61. The van der Waals surface area contributed by atoms with E-state index in [-0.39, 0.29) is 22.6 Å². The molecule has 4 rings (SSSR count). The maximum atomic E-state index is 14.1. The van der Waals surface area contributed by atoms with E-state index in [2.05, 4.69) is 34.2 Å². The number of nitrogens with zero attached hydrogens (tertiary/aromatic N) is 4. The first-order valence-electron chi connectivity index (χ1n) is 8.56. The fourth-order valence-electron chi connectivity index (χ4n) is 3.72. The highest BCUT2D eigenvalue weighted by Crippen LogP contribution is 2.44. The zero-order valence-corrected chi connectivity index (χ0v) is 14.5. The normalized spacial score (nSPS) is 22.2. The number of halogens is 2. The lowest BCUT2D eigenvalue weighted by atomic mass is 9.69. The molecule has 0 fully saturated rings. The smallest absolute Gasteiger partial charge is 0.213 e. The van der Waals surface area contributed by atoms with Crippen LogP contribution in [0, 0.1) is 11.6 Å². The summed E-state index contributed by atoms with van der Waals surface area (Å²) < 4.78 is 33.1. The van der Waals surface area contributed by atoms with Crippen LogP contribution in [0.3, 0.4) is 0 Å². The van der Waals surface area contributed by atoms with E-state index in [0.717, 1.165) is 24.1 Å². The van der Waals surface area contributed by atoms with Crippen LogP contribution in [-0.4, -0.2) is 20.3 Å². The zero-order chi connectivity index (χ0) is 18.3. The predicted molar refractivity (Wildman–Crippen MR) is 90.4 cm³/mol. The highest BCUT2D eigenvalue weighted by Gasteiger charge is 2.38. The van der Waals surface area contributed by atoms with E-state index in [9.17, 15) is 8.78 Å². The molecule has 0 radical (unpaired) electrons. The third kappa shape index (κ3) is 2.77. The maximum Gasteiger partial charge on any atom is 0.213 e. The molecule has 26 heavy (non-hydrogen) atoms. The fraction of sp³-hybridized carbons (Fsp3) is 0.368. The molecule has 2 atom stereocenters. The summed E-state index contributed by atoms with van der Waals surface area (Å²) in [6, 6.07) is 5.55. The summed E-state index contributed by atoms with van der Waals surface area (Å²) in [4.78, 5) is 4.11. The second kappa shape index (κ2) is 6.23. The van der Waals surface area contributed by atoms with Crippen molar-refractivity contribution in [1.29, 1.82) is 0 Å². The van der Waals surface area contributed by atoms with Gasteiger partial charge >= 0.3 is 0 Å². The second-order valence-electron chi connectivity index (χ2n) is 7.15. The molecular weight excluding hydrogens is 338 g/mol. The molecule has 3 aromatic rings. The highest BCUT2D eigenvalue weighted by atomic mass is 19.1. The molecule has 7 heteroatoms. The molecule has 134 valence electrons. The molecule has 5 nitrogen and oxygen atoms in total. The Kier molecular flexibility index (Phi) is 4.01. The third-order valence-electron chi connectivity index (χ3n) is 5.23. The van der Waals surface area contributed by atoms with Crippen molar-refractivity contribution in [3.63, 3.8) is 0 Å². The van der Waals surface area contributed by atoms with Crippen molar-refractivity contribution >= 4 is 0 Å². The molecular formula is C19H18F2N4O. The number of benzene rings is 1. The van der Waals surface area contributed by atoms with Crippen molar-refractivity contribution in [3.05, 3.63) is 59.4 Å². The van der Waals surface area contributed by atoms with Gasteiger partial charge in [0.1, 0.15) is 11.6 Å². The maximum absolute atomic E-state index is 14.1. The number of hydrogen-bond donors (Lipinski definition) is 0. The number of fused-ring (bicyclic) bond motifs is 1. The third-order valence-corrected chi connectivity index (χ3v) is 5.23. The van der Waals surface area contributed by atoms with Crippen LogP contribution in [0.15, 0.2) is 35.2 Å². The summed E-state index contributed by atoms with van der Waals surface area (Å²) in [5.74, 6) is -0.444. The average molecular weight is 356 g/mol. The molecule has 0 saturated heterocycles. The molecule has 0 saturated carbocycles. The SMILES string of the molecule is C[C@H]1CC[C@](C)(Cc2ncon2)c2nnc(-c3c(F)cccc3F)cc21. The van der Waals surface area contributed by atoms with Gasteiger partial charge in [0, 0.05) is 11.8 Å². The zero-order valence-electron chi connectivity index (χ0n) is 14.5. The van der Waals surface area contributed by atoms with Crippen LogP contribution in [0.4, 0.5) is 8.78 Å². The summed E-state index contributed by atoms with van der Waals surface area (Å²) in [6.07, 6.45) is 3.72. The summed E-state index contributed by atoms with van der Waals surface area (Å²) in [5.41, 5.74) is 1.58. The number of hydrogen-bond acceptors (Lipinski definition) is 5. The van der Waals surface area contributed by atoms with E-state index in [1.807, 2.05) is 0 Å². The van der Waals surface area contributed by atoms with Gasteiger partial charge in [-0.15, -0.1) is 0 Å². The Labute approximate surface area is 149 Å². The lowest BCUT2D eigenvalue weighted by Gasteiger charge is -2.36. The fourth-order valence-corrected chi connectivity index (χ4v) is 3.72. The second-order valence-corrected chi connectivity index (χ2v) is 7.15. The molecule has 0 bridgehead atoms. The van der Waals surface area contributed by atoms with Crippen LogP contribution in [0.25, 0.3) is 11.3 Å². The Morgan fingerprint density at radius 1 is 1.23 bits per heavy atom. The van der Waals surface area contributed by atoms with Crippen LogP contribution < -0.4 is 0 Å². The average Bonchev–Trinajstić information content (AvgIpc) is 3.11. The van der Waals surface area contributed by atoms with Gasteiger partial charge in [0.25, 0.3) is 0 Å². The molecule has 2 aromatic heterocycles. The predicted octanol–water partition coefficient (Wildman–Crippen LogP) is 4.20. The quantitative estimate of drug-likeness (QED) is 0.704. The molecule has 2 heterocycles. The molecule has 0 spiro atoms. The van der Waals surface area contributed by atoms with Gasteiger partial charge in [-0.05, 0) is 42.5 Å². The van der Waals surface area contributed by atoms with E-state index in [1.54, 1.807) is 6.07 Å². The first-order valence-corrected chi connectivity index (χ1v) is 8.56. The van der Waals surface area contributed by atoms with E-state index >= 15 is 0 Å². The van der Waals surface area contributed by atoms with E-state index in [1.165, 1.54) is 24.6 Å². The van der Waals surface area contributed by atoms with Crippen LogP contribution >= 0.6 is 0 Å². The standard InChI is InChI=1S/C19H18F2N4O/c1-11-6-7-19(2,9-16-22-10-26-25-16)18-12(11)8-15(23-24-18)17-13(20)4-3-5-14(17)21/h3-5,8,10-11H,6-7,9H2,1-2H3/t11-,19+/m0/s1.